The third-order valence-corrected chi connectivity index (χ3v) is 2.02. The number of ether oxygens (including phenoxy) is 1. The second kappa shape index (κ2) is 8.16. The summed E-state index contributed by atoms with van der Waals surface area (Å²) in [4.78, 5) is 4.23. The van der Waals surface area contributed by atoms with E-state index in [0.29, 0.717) is 13.2 Å². The molecule has 1 aromatic rings. The molecule has 3 nitrogen and oxygen atoms in total. The Morgan fingerprint density at radius 1 is 1.35 bits per heavy atom. The van der Waals surface area contributed by atoms with Crippen LogP contribution in [0.2, 0.25) is 0 Å². The molecule has 0 spiro atoms. The van der Waals surface area contributed by atoms with Crippen LogP contribution in [0.5, 0.6) is 5.75 Å². The highest BCUT2D eigenvalue weighted by molar-refractivity contribution is 5.81. The first kappa shape index (κ1) is 13.0. The van der Waals surface area contributed by atoms with E-state index in [1.165, 1.54) is 6.20 Å². The molecule has 0 aliphatic heterocycles. The monoisotopic (exact) mass is 230 g/mol. The van der Waals surface area contributed by atoms with Crippen LogP contribution in [0.15, 0.2) is 59.2 Å². The maximum Gasteiger partial charge on any atom is 0.119 e. The minimum atomic E-state index is 0.564. The molecule has 0 saturated heterocycles. The Bertz CT molecular complexity index is 394. The number of nitrogens with zero attached hydrogens (tertiary/aromatic N) is 1. The number of hydrogen-bond donors (Lipinski definition) is 1. The van der Waals surface area contributed by atoms with Gasteiger partial charge in [0.2, 0.25) is 0 Å². The zero-order valence-corrected chi connectivity index (χ0v) is 10.0. The van der Waals surface area contributed by atoms with Crippen LogP contribution in [0.4, 0.5) is 0 Å². The molecule has 0 saturated carbocycles. The van der Waals surface area contributed by atoms with Crippen LogP contribution >= 0.6 is 0 Å². The molecule has 2 N–H and O–H groups in total. The highest BCUT2D eigenvalue weighted by Crippen LogP contribution is 2.07. The average Bonchev–Trinajstić information content (AvgIpc) is 2.38. The summed E-state index contributed by atoms with van der Waals surface area (Å²) in [6.45, 7) is 3.12. The van der Waals surface area contributed by atoms with Gasteiger partial charge in [-0.1, -0.05) is 30.4 Å². The van der Waals surface area contributed by atoms with E-state index in [1.807, 2.05) is 49.4 Å². The molecule has 90 valence electrons. The molecule has 0 atom stereocenters. The van der Waals surface area contributed by atoms with Crippen LogP contribution in [0.3, 0.4) is 0 Å². The van der Waals surface area contributed by atoms with Gasteiger partial charge in [-0.05, 0) is 19.1 Å². The number of nitrogens with two attached hydrogens (primary N) is 1. The number of rotatable bonds is 6. The van der Waals surface area contributed by atoms with E-state index in [4.69, 9.17) is 10.5 Å². The smallest absolute Gasteiger partial charge is 0.119 e. The molecule has 3 heteroatoms. The summed E-state index contributed by atoms with van der Waals surface area (Å²) in [7, 11) is 0. The Morgan fingerprint density at radius 2 is 2.12 bits per heavy atom. The third kappa shape index (κ3) is 5.56. The fourth-order valence-corrected chi connectivity index (χ4v) is 1.24. The lowest BCUT2D eigenvalue weighted by molar-refractivity contribution is 0.329. The van der Waals surface area contributed by atoms with Crippen molar-refractivity contribution in [3.05, 3.63) is 54.3 Å². The number of benzene rings is 1. The second-order valence-electron chi connectivity index (χ2n) is 3.36. The summed E-state index contributed by atoms with van der Waals surface area (Å²) in [5.74, 6) is 0.866. The molecule has 0 aromatic heterocycles. The number of aliphatic imine (C=N–C) groups is 1. The predicted octanol–water partition coefficient (Wildman–Crippen LogP) is 2.55. The average molecular weight is 230 g/mol. The minimum Gasteiger partial charge on any atom is -0.492 e. The molecule has 17 heavy (non-hydrogen) atoms. The van der Waals surface area contributed by atoms with Crippen molar-refractivity contribution in [2.75, 3.05) is 13.2 Å². The van der Waals surface area contributed by atoms with Crippen molar-refractivity contribution in [3.63, 3.8) is 0 Å². The van der Waals surface area contributed by atoms with Crippen LogP contribution < -0.4 is 10.5 Å². The zero-order valence-electron chi connectivity index (χ0n) is 10.0. The van der Waals surface area contributed by atoms with Crippen LogP contribution in [0, 0.1) is 0 Å². The Kier molecular flexibility index (Phi) is 6.26. The maximum atomic E-state index is 5.50. The van der Waals surface area contributed by atoms with Crippen LogP contribution in [-0.2, 0) is 0 Å². The second-order valence-corrected chi connectivity index (χ2v) is 3.36. The van der Waals surface area contributed by atoms with Gasteiger partial charge in [-0.25, -0.2) is 0 Å². The lowest BCUT2D eigenvalue weighted by atomic mass is 10.3. The van der Waals surface area contributed by atoms with Gasteiger partial charge in [-0.2, -0.15) is 0 Å². The summed E-state index contributed by atoms with van der Waals surface area (Å²) < 4.78 is 5.50. The normalized spacial score (nSPS) is 12.4. The summed E-state index contributed by atoms with van der Waals surface area (Å²) in [5, 5.41) is 0. The minimum absolute atomic E-state index is 0.564. The molecular formula is C14H18N2O. The first-order valence-electron chi connectivity index (χ1n) is 5.59. The number of para-hydroxylation sites is 1. The first-order chi connectivity index (χ1) is 8.36. The fraction of sp³-hybridized carbons (Fsp3) is 0.214. The third-order valence-electron chi connectivity index (χ3n) is 2.02. The first-order valence-corrected chi connectivity index (χ1v) is 5.59. The van der Waals surface area contributed by atoms with E-state index in [-0.39, 0.29) is 0 Å². The van der Waals surface area contributed by atoms with Gasteiger partial charge < -0.3 is 10.5 Å². The van der Waals surface area contributed by atoms with E-state index in [0.717, 1.165) is 11.3 Å². The van der Waals surface area contributed by atoms with E-state index in [9.17, 15) is 0 Å². The van der Waals surface area contributed by atoms with Gasteiger partial charge in [0.1, 0.15) is 12.4 Å². The standard InChI is InChI=1S/C14H18N2O/c1-2-6-13(11-15)12-16-9-10-17-14-7-4-3-5-8-14/h2-8,11-12H,9-10,15H2,1H3/b6-2+,13-11?,16-12?. The van der Waals surface area contributed by atoms with Crippen molar-refractivity contribution in [2.24, 2.45) is 10.7 Å². The molecule has 0 fully saturated rings. The quantitative estimate of drug-likeness (QED) is 0.464. The zero-order chi connectivity index (χ0) is 12.3. The van der Waals surface area contributed by atoms with Crippen molar-refractivity contribution in [2.45, 2.75) is 6.92 Å². The van der Waals surface area contributed by atoms with Crippen LogP contribution in [0.25, 0.3) is 0 Å². The molecule has 0 bridgehead atoms. The van der Waals surface area contributed by atoms with Crippen molar-refractivity contribution in [1.29, 1.82) is 0 Å². The van der Waals surface area contributed by atoms with Crippen molar-refractivity contribution in [3.8, 4) is 5.75 Å². The Balaban J connectivity index is 2.26. The summed E-state index contributed by atoms with van der Waals surface area (Å²) in [6, 6.07) is 9.70. The van der Waals surface area contributed by atoms with Gasteiger partial charge in [0.25, 0.3) is 0 Å². The van der Waals surface area contributed by atoms with E-state index < -0.39 is 0 Å². The molecule has 0 unspecified atom stereocenters. The molecule has 0 aliphatic rings. The number of hydrogen-bond acceptors (Lipinski definition) is 3. The van der Waals surface area contributed by atoms with Crippen molar-refractivity contribution < 1.29 is 4.74 Å². The van der Waals surface area contributed by atoms with E-state index in [2.05, 4.69) is 4.99 Å². The molecule has 1 aromatic carbocycles. The van der Waals surface area contributed by atoms with Gasteiger partial charge in [-0.15, -0.1) is 0 Å². The van der Waals surface area contributed by atoms with Crippen molar-refractivity contribution >= 4 is 6.21 Å². The van der Waals surface area contributed by atoms with Crippen LogP contribution in [0.1, 0.15) is 6.92 Å². The maximum absolute atomic E-state index is 5.50. The van der Waals surface area contributed by atoms with Gasteiger partial charge in [0.15, 0.2) is 0 Å². The molecule has 0 radical (unpaired) electrons. The molecule has 0 amide bonds. The molecule has 1 rings (SSSR count). The summed E-state index contributed by atoms with van der Waals surface area (Å²) >= 11 is 0. The Labute approximate surface area is 102 Å². The highest BCUT2D eigenvalue weighted by atomic mass is 16.5. The highest BCUT2D eigenvalue weighted by Gasteiger charge is 1.89. The molecule has 0 heterocycles. The van der Waals surface area contributed by atoms with Gasteiger partial charge in [-0.3, -0.25) is 4.99 Å². The Hall–Kier alpha value is -2.03. The van der Waals surface area contributed by atoms with Crippen LogP contribution in [-0.4, -0.2) is 19.4 Å². The SMILES string of the molecule is C/C=C/C(C=NCCOc1ccccc1)=CN. The summed E-state index contributed by atoms with van der Waals surface area (Å²) in [5.41, 5.74) is 6.32. The lowest BCUT2D eigenvalue weighted by Crippen LogP contribution is -2.01. The predicted molar refractivity (Wildman–Crippen MR) is 72.4 cm³/mol. The number of allylic oxidation sites excluding steroid dienone is 3. The topological polar surface area (TPSA) is 47.6 Å². The van der Waals surface area contributed by atoms with E-state index in [1.54, 1.807) is 6.21 Å². The molecule has 0 aliphatic carbocycles. The van der Waals surface area contributed by atoms with Gasteiger partial charge >= 0.3 is 0 Å². The van der Waals surface area contributed by atoms with Crippen molar-refractivity contribution in [1.82, 2.24) is 0 Å². The molecular weight excluding hydrogens is 212 g/mol. The fourth-order valence-electron chi connectivity index (χ4n) is 1.24. The van der Waals surface area contributed by atoms with E-state index >= 15 is 0 Å². The van der Waals surface area contributed by atoms with Gasteiger partial charge in [0.05, 0.1) is 6.54 Å². The summed E-state index contributed by atoms with van der Waals surface area (Å²) in [6.07, 6.45) is 7.10. The lowest BCUT2D eigenvalue weighted by Gasteiger charge is -2.02. The Morgan fingerprint density at radius 3 is 2.76 bits per heavy atom. The largest absolute Gasteiger partial charge is 0.492 e. The van der Waals surface area contributed by atoms with Gasteiger partial charge in [0, 0.05) is 18.0 Å².